The number of carbonyl (C=O) groups is 1. The van der Waals surface area contributed by atoms with E-state index >= 15 is 0 Å². The van der Waals surface area contributed by atoms with Crippen LogP contribution in [0.3, 0.4) is 0 Å². The number of aryl methyl sites for hydroxylation is 1. The van der Waals surface area contributed by atoms with Crippen LogP contribution in [0, 0.1) is 17.0 Å². The van der Waals surface area contributed by atoms with Crippen LogP contribution in [0.25, 0.3) is 6.08 Å². The Morgan fingerprint density at radius 2 is 1.97 bits per heavy atom. The molecule has 1 amide bonds. The zero-order valence-corrected chi connectivity index (χ0v) is 16.9. The highest BCUT2D eigenvalue weighted by Crippen LogP contribution is 2.29. The van der Waals surface area contributed by atoms with E-state index in [0.29, 0.717) is 18.1 Å². The van der Waals surface area contributed by atoms with E-state index in [9.17, 15) is 14.9 Å². The first kappa shape index (κ1) is 21.9. The van der Waals surface area contributed by atoms with Crippen LogP contribution >= 0.6 is 0 Å². The van der Waals surface area contributed by atoms with E-state index in [1.54, 1.807) is 38.3 Å². The van der Waals surface area contributed by atoms with Crippen molar-refractivity contribution in [2.45, 2.75) is 33.1 Å². The maximum absolute atomic E-state index is 12.2. The summed E-state index contributed by atoms with van der Waals surface area (Å²) in [6.45, 7) is 4.51. The number of ether oxygens (including phenoxy) is 2. The maximum atomic E-state index is 12.2. The number of amides is 1. The summed E-state index contributed by atoms with van der Waals surface area (Å²) in [4.78, 5) is 22.8. The van der Waals surface area contributed by atoms with Gasteiger partial charge in [0.15, 0.2) is 11.5 Å². The standard InChI is InChI=1S/C22H26N2O5/c1-4-5-6-13-29-20-11-8-17(15-21(20)28-3)9-12-22(25)23-18-10-7-16(2)14-19(18)24(26)27/h7-12,14-15H,4-6,13H2,1-3H3,(H,23,25)/b12-9+. The fourth-order valence-corrected chi connectivity index (χ4v) is 2.69. The average molecular weight is 398 g/mol. The van der Waals surface area contributed by atoms with Gasteiger partial charge >= 0.3 is 0 Å². The molecule has 0 fully saturated rings. The van der Waals surface area contributed by atoms with E-state index in [2.05, 4.69) is 12.2 Å². The van der Waals surface area contributed by atoms with Gasteiger partial charge in [-0.3, -0.25) is 14.9 Å². The average Bonchev–Trinajstić information content (AvgIpc) is 2.71. The second-order valence-electron chi connectivity index (χ2n) is 6.57. The monoisotopic (exact) mass is 398 g/mol. The topological polar surface area (TPSA) is 90.7 Å². The second-order valence-corrected chi connectivity index (χ2v) is 6.57. The third kappa shape index (κ3) is 6.64. The first-order chi connectivity index (χ1) is 13.9. The molecule has 154 valence electrons. The normalized spacial score (nSPS) is 10.7. The van der Waals surface area contributed by atoms with Gasteiger partial charge in [-0.2, -0.15) is 0 Å². The van der Waals surface area contributed by atoms with Gasteiger partial charge in [0.2, 0.25) is 5.91 Å². The molecule has 0 bridgehead atoms. The third-order valence-electron chi connectivity index (χ3n) is 4.23. The number of carbonyl (C=O) groups excluding carboxylic acids is 1. The van der Waals surface area contributed by atoms with Crippen LogP contribution in [0.4, 0.5) is 11.4 Å². The van der Waals surface area contributed by atoms with E-state index in [-0.39, 0.29) is 11.4 Å². The molecule has 0 aromatic heterocycles. The van der Waals surface area contributed by atoms with Crippen LogP contribution < -0.4 is 14.8 Å². The quantitative estimate of drug-likeness (QED) is 0.259. The van der Waals surface area contributed by atoms with Gasteiger partial charge in [-0.1, -0.05) is 31.9 Å². The Morgan fingerprint density at radius 1 is 1.17 bits per heavy atom. The Balaban J connectivity index is 2.05. The summed E-state index contributed by atoms with van der Waals surface area (Å²) < 4.78 is 11.1. The lowest BCUT2D eigenvalue weighted by Crippen LogP contribution is -2.09. The van der Waals surface area contributed by atoms with E-state index in [1.807, 2.05) is 6.07 Å². The summed E-state index contributed by atoms with van der Waals surface area (Å²) in [5, 5.41) is 13.7. The predicted molar refractivity (Wildman–Crippen MR) is 114 cm³/mol. The van der Waals surface area contributed by atoms with Crippen molar-refractivity contribution in [2.24, 2.45) is 0 Å². The van der Waals surface area contributed by atoms with E-state index in [1.165, 1.54) is 18.2 Å². The number of anilines is 1. The molecule has 1 N–H and O–H groups in total. The smallest absolute Gasteiger partial charge is 0.293 e. The molecule has 7 heteroatoms. The van der Waals surface area contributed by atoms with Crippen molar-refractivity contribution in [1.29, 1.82) is 0 Å². The highest BCUT2D eigenvalue weighted by Gasteiger charge is 2.15. The minimum atomic E-state index is -0.517. The summed E-state index contributed by atoms with van der Waals surface area (Å²) in [7, 11) is 1.56. The van der Waals surface area contributed by atoms with Gasteiger partial charge in [0.1, 0.15) is 5.69 Å². The first-order valence-corrected chi connectivity index (χ1v) is 9.49. The largest absolute Gasteiger partial charge is 0.493 e. The Kier molecular flexibility index (Phi) is 8.21. The predicted octanol–water partition coefficient (Wildman–Crippen LogP) is 5.13. The molecule has 0 aliphatic carbocycles. The molecule has 0 aliphatic rings. The number of nitro groups is 1. The molecule has 7 nitrogen and oxygen atoms in total. The van der Waals surface area contributed by atoms with Gasteiger partial charge < -0.3 is 14.8 Å². The van der Waals surface area contributed by atoms with Gasteiger partial charge in [0.05, 0.1) is 18.6 Å². The number of hydrogen-bond donors (Lipinski definition) is 1. The molecule has 0 aliphatic heterocycles. The molecule has 2 rings (SSSR count). The number of nitro benzene ring substituents is 1. The number of rotatable bonds is 10. The van der Waals surface area contributed by atoms with Crippen molar-refractivity contribution < 1.29 is 19.2 Å². The summed E-state index contributed by atoms with van der Waals surface area (Å²) in [5.74, 6) is 0.773. The van der Waals surface area contributed by atoms with Gasteiger partial charge in [-0.15, -0.1) is 0 Å². The highest BCUT2D eigenvalue weighted by atomic mass is 16.6. The zero-order valence-electron chi connectivity index (χ0n) is 16.9. The van der Waals surface area contributed by atoms with Crippen LogP contribution in [-0.4, -0.2) is 24.5 Å². The van der Waals surface area contributed by atoms with Gasteiger partial charge in [0.25, 0.3) is 5.69 Å². The van der Waals surface area contributed by atoms with Crippen LogP contribution in [0.2, 0.25) is 0 Å². The molecule has 0 heterocycles. The molecule has 29 heavy (non-hydrogen) atoms. The van der Waals surface area contributed by atoms with Crippen LogP contribution in [-0.2, 0) is 4.79 Å². The lowest BCUT2D eigenvalue weighted by atomic mass is 10.1. The number of methoxy groups -OCH3 is 1. The molecule has 0 spiro atoms. The van der Waals surface area contributed by atoms with Crippen molar-refractivity contribution in [1.82, 2.24) is 0 Å². The molecule has 0 atom stereocenters. The summed E-state index contributed by atoms with van der Waals surface area (Å²) in [6.07, 6.45) is 6.14. The molecule has 0 saturated carbocycles. The van der Waals surface area contributed by atoms with Crippen LogP contribution in [0.5, 0.6) is 11.5 Å². The fraction of sp³-hybridized carbons (Fsp3) is 0.318. The second kappa shape index (κ2) is 10.8. The number of unbranched alkanes of at least 4 members (excludes halogenated alkanes) is 2. The van der Waals surface area contributed by atoms with Crippen LogP contribution in [0.15, 0.2) is 42.5 Å². The van der Waals surface area contributed by atoms with Crippen LogP contribution in [0.1, 0.15) is 37.3 Å². The summed E-state index contributed by atoms with van der Waals surface area (Å²) in [5.41, 5.74) is 1.51. The van der Waals surface area contributed by atoms with E-state index in [0.717, 1.165) is 30.4 Å². The van der Waals surface area contributed by atoms with Gasteiger partial charge in [-0.25, -0.2) is 0 Å². The van der Waals surface area contributed by atoms with Crippen molar-refractivity contribution in [2.75, 3.05) is 19.0 Å². The van der Waals surface area contributed by atoms with Gasteiger partial charge in [-0.05, 0) is 48.7 Å². The van der Waals surface area contributed by atoms with E-state index in [4.69, 9.17) is 9.47 Å². The van der Waals surface area contributed by atoms with Crippen molar-refractivity contribution in [3.8, 4) is 11.5 Å². The number of hydrogen-bond acceptors (Lipinski definition) is 5. The molecule has 2 aromatic rings. The van der Waals surface area contributed by atoms with Crippen molar-refractivity contribution >= 4 is 23.4 Å². The zero-order chi connectivity index (χ0) is 21.2. The van der Waals surface area contributed by atoms with Crippen molar-refractivity contribution in [3.63, 3.8) is 0 Å². The lowest BCUT2D eigenvalue weighted by molar-refractivity contribution is -0.384. The van der Waals surface area contributed by atoms with Crippen molar-refractivity contribution in [3.05, 3.63) is 63.7 Å². The Morgan fingerprint density at radius 3 is 2.66 bits per heavy atom. The molecule has 0 unspecified atom stereocenters. The molecule has 0 saturated heterocycles. The van der Waals surface area contributed by atoms with E-state index < -0.39 is 10.8 Å². The Labute approximate surface area is 170 Å². The third-order valence-corrected chi connectivity index (χ3v) is 4.23. The summed E-state index contributed by atoms with van der Waals surface area (Å²) in [6, 6.07) is 10.0. The maximum Gasteiger partial charge on any atom is 0.293 e. The number of nitrogens with zero attached hydrogens (tertiary/aromatic N) is 1. The molecule has 2 aromatic carbocycles. The first-order valence-electron chi connectivity index (χ1n) is 9.49. The Hall–Kier alpha value is -3.35. The SMILES string of the molecule is CCCCCOc1ccc(/C=C/C(=O)Nc2ccc(C)cc2[N+](=O)[O-])cc1OC. The lowest BCUT2D eigenvalue weighted by Gasteiger charge is -2.11. The molecule has 0 radical (unpaired) electrons. The summed E-state index contributed by atoms with van der Waals surface area (Å²) >= 11 is 0. The molecular weight excluding hydrogens is 372 g/mol. The minimum absolute atomic E-state index is 0.141. The fourth-order valence-electron chi connectivity index (χ4n) is 2.69. The van der Waals surface area contributed by atoms with Gasteiger partial charge in [0, 0.05) is 12.1 Å². The minimum Gasteiger partial charge on any atom is -0.493 e. The molecular formula is C22H26N2O5. The number of nitrogens with one attached hydrogen (secondary N) is 1. The highest BCUT2D eigenvalue weighted by molar-refractivity contribution is 6.03. The number of benzene rings is 2. The Bertz CT molecular complexity index is 893.